The molecule has 4 heteroatoms. The molecule has 4 nitrogen and oxygen atoms in total. The van der Waals surface area contributed by atoms with Crippen molar-refractivity contribution in [2.75, 3.05) is 47.1 Å². The smallest absolute Gasteiger partial charge is 0.0589 e. The van der Waals surface area contributed by atoms with Crippen molar-refractivity contribution in [3.8, 4) is 0 Å². The predicted octanol–water partition coefficient (Wildman–Crippen LogP) is 1.10. The van der Waals surface area contributed by atoms with Crippen molar-refractivity contribution in [1.82, 2.24) is 4.90 Å². The third-order valence-corrected chi connectivity index (χ3v) is 2.86. The van der Waals surface area contributed by atoms with Crippen molar-refractivity contribution in [3.63, 3.8) is 0 Å². The first-order valence-corrected chi connectivity index (χ1v) is 6.22. The summed E-state index contributed by atoms with van der Waals surface area (Å²) >= 11 is 0. The van der Waals surface area contributed by atoms with Gasteiger partial charge >= 0.3 is 0 Å². The zero-order valence-corrected chi connectivity index (χ0v) is 11.1. The quantitative estimate of drug-likeness (QED) is 0.542. The van der Waals surface area contributed by atoms with Crippen LogP contribution in [0.3, 0.4) is 0 Å². The zero-order valence-electron chi connectivity index (χ0n) is 11.1. The number of nitrogens with zero attached hydrogens (tertiary/aromatic N) is 1. The molecule has 0 rings (SSSR count). The van der Waals surface area contributed by atoms with Gasteiger partial charge in [-0.2, -0.15) is 0 Å². The number of methoxy groups -OCH3 is 2. The van der Waals surface area contributed by atoms with E-state index in [1.165, 1.54) is 0 Å². The van der Waals surface area contributed by atoms with Gasteiger partial charge in [0.2, 0.25) is 0 Å². The molecule has 0 aromatic rings. The average molecular weight is 232 g/mol. The van der Waals surface area contributed by atoms with E-state index in [-0.39, 0.29) is 0 Å². The number of hydrogen-bond donors (Lipinski definition) is 1. The van der Waals surface area contributed by atoms with Crippen molar-refractivity contribution in [1.29, 1.82) is 0 Å². The fourth-order valence-corrected chi connectivity index (χ4v) is 1.93. The van der Waals surface area contributed by atoms with Gasteiger partial charge in [0, 0.05) is 40.0 Å². The Hall–Kier alpha value is -0.160. The minimum absolute atomic E-state index is 0.581. The summed E-state index contributed by atoms with van der Waals surface area (Å²) in [7, 11) is 3.49. The number of hydrogen-bond acceptors (Lipinski definition) is 4. The minimum atomic E-state index is 0.581. The van der Waals surface area contributed by atoms with Gasteiger partial charge in [-0.3, -0.25) is 4.90 Å². The Kier molecular flexibility index (Phi) is 11.2. The Morgan fingerprint density at radius 1 is 1.12 bits per heavy atom. The second kappa shape index (κ2) is 11.3. The molecule has 0 heterocycles. The van der Waals surface area contributed by atoms with E-state index in [2.05, 4.69) is 11.8 Å². The highest BCUT2D eigenvalue weighted by Gasteiger charge is 2.15. The molecule has 0 radical (unpaired) electrons. The molecular formula is C12H28N2O2. The Bertz CT molecular complexity index is 145. The lowest BCUT2D eigenvalue weighted by atomic mass is 10.1. The first-order valence-electron chi connectivity index (χ1n) is 6.22. The molecule has 0 saturated carbocycles. The van der Waals surface area contributed by atoms with Gasteiger partial charge in [0.15, 0.2) is 0 Å². The van der Waals surface area contributed by atoms with Gasteiger partial charge < -0.3 is 15.2 Å². The summed E-state index contributed by atoms with van der Waals surface area (Å²) in [6, 6.07) is 0.581. The van der Waals surface area contributed by atoms with Crippen molar-refractivity contribution in [2.45, 2.75) is 32.2 Å². The summed E-state index contributed by atoms with van der Waals surface area (Å²) in [5, 5.41) is 0. The molecule has 0 bridgehead atoms. The molecule has 0 aromatic carbocycles. The maximum absolute atomic E-state index is 5.64. The molecule has 16 heavy (non-hydrogen) atoms. The van der Waals surface area contributed by atoms with E-state index in [1.54, 1.807) is 14.2 Å². The van der Waals surface area contributed by atoms with E-state index >= 15 is 0 Å². The largest absolute Gasteiger partial charge is 0.385 e. The van der Waals surface area contributed by atoms with E-state index in [0.717, 1.165) is 52.1 Å². The van der Waals surface area contributed by atoms with Gasteiger partial charge in [0.05, 0.1) is 6.61 Å². The molecular weight excluding hydrogens is 204 g/mol. The van der Waals surface area contributed by atoms with Crippen LogP contribution in [0, 0.1) is 0 Å². The molecule has 0 spiro atoms. The fourth-order valence-electron chi connectivity index (χ4n) is 1.93. The van der Waals surface area contributed by atoms with Gasteiger partial charge in [-0.1, -0.05) is 6.92 Å². The predicted molar refractivity (Wildman–Crippen MR) is 67.7 cm³/mol. The number of nitrogens with two attached hydrogens (primary N) is 1. The molecule has 0 amide bonds. The summed E-state index contributed by atoms with van der Waals surface area (Å²) < 4.78 is 10.2. The maximum Gasteiger partial charge on any atom is 0.0589 e. The Morgan fingerprint density at radius 3 is 2.31 bits per heavy atom. The lowest BCUT2D eigenvalue weighted by Crippen LogP contribution is -2.39. The van der Waals surface area contributed by atoms with Crippen LogP contribution in [0.15, 0.2) is 0 Å². The maximum atomic E-state index is 5.64. The SMILES string of the molecule is CCC(CCN)N(CCCOC)CCOC. The van der Waals surface area contributed by atoms with Crippen molar-refractivity contribution < 1.29 is 9.47 Å². The summed E-state index contributed by atoms with van der Waals surface area (Å²) in [6.07, 6.45) is 3.28. The molecule has 2 N–H and O–H groups in total. The Labute approximate surface area is 100 Å². The van der Waals surface area contributed by atoms with Gasteiger partial charge in [-0.15, -0.1) is 0 Å². The molecule has 0 aliphatic rings. The van der Waals surface area contributed by atoms with E-state index in [4.69, 9.17) is 15.2 Å². The van der Waals surface area contributed by atoms with Crippen molar-refractivity contribution in [2.24, 2.45) is 5.73 Å². The van der Waals surface area contributed by atoms with Gasteiger partial charge in [0.25, 0.3) is 0 Å². The van der Waals surface area contributed by atoms with Gasteiger partial charge in [-0.05, 0) is 25.8 Å². The number of ether oxygens (including phenoxy) is 2. The lowest BCUT2D eigenvalue weighted by molar-refractivity contribution is 0.102. The standard InChI is InChI=1S/C12H28N2O2/c1-4-12(6-7-13)14(9-11-16-3)8-5-10-15-2/h12H,4-11,13H2,1-3H3. The molecule has 98 valence electrons. The molecule has 0 aliphatic heterocycles. The van der Waals surface area contributed by atoms with Crippen LogP contribution in [-0.4, -0.2) is 58.0 Å². The zero-order chi connectivity index (χ0) is 12.2. The van der Waals surface area contributed by atoms with Gasteiger partial charge in [0.1, 0.15) is 0 Å². The second-order valence-electron chi connectivity index (χ2n) is 4.01. The highest BCUT2D eigenvalue weighted by Crippen LogP contribution is 2.08. The molecule has 0 saturated heterocycles. The van der Waals surface area contributed by atoms with Crippen LogP contribution in [0.2, 0.25) is 0 Å². The van der Waals surface area contributed by atoms with Gasteiger partial charge in [-0.25, -0.2) is 0 Å². The summed E-state index contributed by atoms with van der Waals surface area (Å²) in [5.74, 6) is 0. The van der Waals surface area contributed by atoms with Crippen LogP contribution < -0.4 is 5.73 Å². The highest BCUT2D eigenvalue weighted by atomic mass is 16.5. The molecule has 0 aliphatic carbocycles. The first-order chi connectivity index (χ1) is 7.79. The highest BCUT2D eigenvalue weighted by molar-refractivity contribution is 4.71. The van der Waals surface area contributed by atoms with Crippen LogP contribution in [0.5, 0.6) is 0 Å². The van der Waals surface area contributed by atoms with E-state index < -0.39 is 0 Å². The fraction of sp³-hybridized carbons (Fsp3) is 1.00. The topological polar surface area (TPSA) is 47.7 Å². The van der Waals surface area contributed by atoms with E-state index in [0.29, 0.717) is 6.04 Å². The number of rotatable bonds is 11. The molecule has 0 fully saturated rings. The lowest BCUT2D eigenvalue weighted by Gasteiger charge is -2.30. The van der Waals surface area contributed by atoms with Crippen LogP contribution in [-0.2, 0) is 9.47 Å². The summed E-state index contributed by atoms with van der Waals surface area (Å²) in [5.41, 5.74) is 5.64. The first kappa shape index (κ1) is 15.8. The van der Waals surface area contributed by atoms with Crippen LogP contribution >= 0.6 is 0 Å². The van der Waals surface area contributed by atoms with E-state index in [9.17, 15) is 0 Å². The minimum Gasteiger partial charge on any atom is -0.385 e. The van der Waals surface area contributed by atoms with Crippen molar-refractivity contribution >= 4 is 0 Å². The summed E-state index contributed by atoms with van der Waals surface area (Å²) in [4.78, 5) is 2.47. The Balaban J connectivity index is 4.02. The van der Waals surface area contributed by atoms with Crippen LogP contribution in [0.4, 0.5) is 0 Å². The third-order valence-electron chi connectivity index (χ3n) is 2.86. The second-order valence-corrected chi connectivity index (χ2v) is 4.01. The monoisotopic (exact) mass is 232 g/mol. The van der Waals surface area contributed by atoms with E-state index in [1.807, 2.05) is 0 Å². The van der Waals surface area contributed by atoms with Crippen molar-refractivity contribution in [3.05, 3.63) is 0 Å². The molecule has 0 aromatic heterocycles. The van der Waals surface area contributed by atoms with Crippen LogP contribution in [0.25, 0.3) is 0 Å². The molecule has 1 unspecified atom stereocenters. The summed E-state index contributed by atoms with van der Waals surface area (Å²) in [6.45, 7) is 6.63. The molecule has 1 atom stereocenters. The Morgan fingerprint density at radius 2 is 1.81 bits per heavy atom. The third kappa shape index (κ3) is 7.17. The average Bonchev–Trinajstić information content (AvgIpc) is 2.31. The normalized spacial score (nSPS) is 13.3. The van der Waals surface area contributed by atoms with Crippen LogP contribution in [0.1, 0.15) is 26.2 Å².